The van der Waals surface area contributed by atoms with Crippen LogP contribution in [0, 0.1) is 0 Å². The lowest BCUT2D eigenvalue weighted by Crippen LogP contribution is -2.03. The Hall–Kier alpha value is -1.84. The number of hydrogen-bond donors (Lipinski definition) is 1. The molecule has 2 aromatic rings. The molecule has 116 valence electrons. The fourth-order valence-electron chi connectivity index (χ4n) is 2.16. The van der Waals surface area contributed by atoms with Crippen molar-refractivity contribution < 1.29 is 0 Å². The van der Waals surface area contributed by atoms with Gasteiger partial charge in [0.15, 0.2) is 0 Å². The highest BCUT2D eigenvalue weighted by Gasteiger charge is 2.08. The van der Waals surface area contributed by atoms with Crippen LogP contribution in [0.4, 0.5) is 0 Å². The summed E-state index contributed by atoms with van der Waals surface area (Å²) in [5.41, 5.74) is 2.69. The molecule has 0 saturated heterocycles. The molecule has 0 atom stereocenters. The minimum Gasteiger partial charge on any atom is -0.356 e. The Labute approximate surface area is 146 Å². The highest BCUT2D eigenvalue weighted by atomic mass is 32.2. The molecule has 23 heavy (non-hydrogen) atoms. The molecule has 0 saturated carbocycles. The van der Waals surface area contributed by atoms with Gasteiger partial charge in [0.05, 0.1) is 5.03 Å². The molecule has 3 rings (SSSR count). The van der Waals surface area contributed by atoms with Gasteiger partial charge in [0, 0.05) is 22.6 Å². The molecular formula is C20H19NS2. The van der Waals surface area contributed by atoms with E-state index in [1.54, 1.807) is 0 Å². The Morgan fingerprint density at radius 3 is 1.96 bits per heavy atom. The van der Waals surface area contributed by atoms with Crippen molar-refractivity contribution in [3.05, 3.63) is 106 Å². The van der Waals surface area contributed by atoms with Gasteiger partial charge in [0.2, 0.25) is 0 Å². The normalized spacial score (nSPS) is 13.7. The maximum Gasteiger partial charge on any atom is 0.0862 e. The quantitative estimate of drug-likeness (QED) is 0.726. The Balaban J connectivity index is 1.68. The molecule has 1 N–H and O–H groups in total. The molecule has 0 aromatic heterocycles. The van der Waals surface area contributed by atoms with Gasteiger partial charge in [-0.05, 0) is 23.3 Å². The molecule has 0 fully saturated rings. The maximum atomic E-state index is 3.42. The molecule has 1 aliphatic heterocycles. The summed E-state index contributed by atoms with van der Waals surface area (Å²) in [5, 5.41) is 4.64. The summed E-state index contributed by atoms with van der Waals surface area (Å²) in [7, 11) is 0. The Kier molecular flexibility index (Phi) is 6.07. The minimum absolute atomic E-state index is 0.972. The van der Waals surface area contributed by atoms with Crippen LogP contribution in [0.5, 0.6) is 0 Å². The van der Waals surface area contributed by atoms with Gasteiger partial charge >= 0.3 is 0 Å². The number of benzene rings is 2. The van der Waals surface area contributed by atoms with E-state index < -0.39 is 0 Å². The molecule has 1 aliphatic rings. The Bertz CT molecular complexity index is 703. The zero-order valence-electron chi connectivity index (χ0n) is 12.8. The predicted octanol–water partition coefficient (Wildman–Crippen LogP) is 5.70. The van der Waals surface area contributed by atoms with Crippen LogP contribution in [0.25, 0.3) is 0 Å². The summed E-state index contributed by atoms with van der Waals surface area (Å²) in [6.07, 6.45) is 8.33. The SMILES string of the molecule is C1=CNC(SCc2ccccc2)=C(SCc2ccccc2)C=C1. The molecule has 0 unspecified atom stereocenters. The second-order valence-corrected chi connectivity index (χ2v) is 7.11. The van der Waals surface area contributed by atoms with Gasteiger partial charge in [-0.25, -0.2) is 0 Å². The van der Waals surface area contributed by atoms with Crippen LogP contribution in [0.3, 0.4) is 0 Å². The minimum atomic E-state index is 0.972. The first-order valence-corrected chi connectivity index (χ1v) is 9.56. The van der Waals surface area contributed by atoms with E-state index in [9.17, 15) is 0 Å². The molecule has 0 aliphatic carbocycles. The lowest BCUT2D eigenvalue weighted by atomic mass is 10.2. The van der Waals surface area contributed by atoms with Gasteiger partial charge in [0.25, 0.3) is 0 Å². The van der Waals surface area contributed by atoms with Gasteiger partial charge in [-0.3, -0.25) is 0 Å². The lowest BCUT2D eigenvalue weighted by molar-refractivity contribution is 1.16. The first-order valence-electron chi connectivity index (χ1n) is 7.59. The van der Waals surface area contributed by atoms with E-state index in [1.165, 1.54) is 21.1 Å². The van der Waals surface area contributed by atoms with E-state index in [-0.39, 0.29) is 0 Å². The first kappa shape index (κ1) is 16.0. The predicted molar refractivity (Wildman–Crippen MR) is 104 cm³/mol. The van der Waals surface area contributed by atoms with E-state index in [4.69, 9.17) is 0 Å². The number of nitrogens with one attached hydrogen (secondary N) is 1. The van der Waals surface area contributed by atoms with Crippen LogP contribution < -0.4 is 5.32 Å². The van der Waals surface area contributed by atoms with Crippen molar-refractivity contribution in [3.8, 4) is 0 Å². The highest BCUT2D eigenvalue weighted by Crippen LogP contribution is 2.32. The van der Waals surface area contributed by atoms with E-state index >= 15 is 0 Å². The average Bonchev–Trinajstić information content (AvgIpc) is 2.85. The van der Waals surface area contributed by atoms with Crippen LogP contribution in [0.1, 0.15) is 11.1 Å². The monoisotopic (exact) mass is 337 g/mol. The molecule has 0 radical (unpaired) electrons. The third-order valence-electron chi connectivity index (χ3n) is 3.36. The van der Waals surface area contributed by atoms with Crippen LogP contribution in [0.15, 0.2) is 95.0 Å². The van der Waals surface area contributed by atoms with E-state index in [0.29, 0.717) is 0 Å². The van der Waals surface area contributed by atoms with Gasteiger partial charge in [-0.15, -0.1) is 23.5 Å². The topological polar surface area (TPSA) is 12.0 Å². The van der Waals surface area contributed by atoms with Crippen molar-refractivity contribution in [2.45, 2.75) is 11.5 Å². The van der Waals surface area contributed by atoms with Gasteiger partial charge in [0.1, 0.15) is 0 Å². The third kappa shape index (κ3) is 5.08. The standard InChI is InChI=1S/C20H19NS2/c1-3-9-17(10-4-1)15-22-19-13-7-8-14-21-20(19)23-16-18-11-5-2-6-12-18/h1-14,21H,15-16H2. The van der Waals surface area contributed by atoms with Gasteiger partial charge in [-0.2, -0.15) is 0 Å². The van der Waals surface area contributed by atoms with E-state index in [0.717, 1.165) is 11.5 Å². The number of rotatable bonds is 6. The third-order valence-corrected chi connectivity index (χ3v) is 5.72. The summed E-state index contributed by atoms with van der Waals surface area (Å²) >= 11 is 3.73. The van der Waals surface area contributed by atoms with Crippen LogP contribution in [0.2, 0.25) is 0 Å². The average molecular weight is 338 g/mol. The Morgan fingerprint density at radius 1 is 0.696 bits per heavy atom. The zero-order chi connectivity index (χ0) is 15.7. The van der Waals surface area contributed by atoms with Crippen molar-refractivity contribution in [1.29, 1.82) is 0 Å². The Morgan fingerprint density at radius 2 is 1.30 bits per heavy atom. The molecule has 2 aromatic carbocycles. The summed E-state index contributed by atoms with van der Waals surface area (Å²) in [5.74, 6) is 1.96. The zero-order valence-corrected chi connectivity index (χ0v) is 14.4. The van der Waals surface area contributed by atoms with Gasteiger partial charge < -0.3 is 5.32 Å². The van der Waals surface area contributed by atoms with Crippen LogP contribution >= 0.6 is 23.5 Å². The van der Waals surface area contributed by atoms with E-state index in [1.807, 2.05) is 35.8 Å². The fourth-order valence-corrected chi connectivity index (χ4v) is 4.26. The molecule has 3 heteroatoms. The summed E-state index contributed by atoms with van der Waals surface area (Å²) in [6, 6.07) is 21.2. The molecule has 1 heterocycles. The van der Waals surface area contributed by atoms with Crippen molar-refractivity contribution >= 4 is 23.5 Å². The molecule has 0 amide bonds. The number of allylic oxidation sites excluding steroid dienone is 3. The van der Waals surface area contributed by atoms with Crippen molar-refractivity contribution in [2.75, 3.05) is 0 Å². The van der Waals surface area contributed by atoms with E-state index in [2.05, 4.69) is 78.1 Å². The second-order valence-electron chi connectivity index (χ2n) is 5.10. The van der Waals surface area contributed by atoms with Crippen LogP contribution in [-0.4, -0.2) is 0 Å². The summed E-state index contributed by atoms with van der Waals surface area (Å²) < 4.78 is 0. The molecule has 1 nitrogen and oxygen atoms in total. The lowest BCUT2D eigenvalue weighted by Gasteiger charge is -2.11. The molecule has 0 spiro atoms. The summed E-state index contributed by atoms with van der Waals surface area (Å²) in [6.45, 7) is 0. The van der Waals surface area contributed by atoms with Crippen molar-refractivity contribution in [3.63, 3.8) is 0 Å². The largest absolute Gasteiger partial charge is 0.356 e. The molecular weight excluding hydrogens is 318 g/mol. The number of thioether (sulfide) groups is 2. The van der Waals surface area contributed by atoms with Crippen molar-refractivity contribution in [1.82, 2.24) is 5.32 Å². The van der Waals surface area contributed by atoms with Gasteiger partial charge in [-0.1, -0.05) is 66.7 Å². The number of hydrogen-bond acceptors (Lipinski definition) is 3. The smallest absolute Gasteiger partial charge is 0.0862 e. The van der Waals surface area contributed by atoms with Crippen molar-refractivity contribution in [2.24, 2.45) is 0 Å². The first-order chi connectivity index (χ1) is 11.4. The second kappa shape index (κ2) is 8.70. The molecule has 0 bridgehead atoms. The van der Waals surface area contributed by atoms with Crippen LogP contribution in [-0.2, 0) is 11.5 Å². The fraction of sp³-hybridized carbons (Fsp3) is 0.100. The maximum absolute atomic E-state index is 3.42. The summed E-state index contributed by atoms with van der Waals surface area (Å²) in [4.78, 5) is 1.29. The highest BCUT2D eigenvalue weighted by molar-refractivity contribution is 8.06.